The Morgan fingerprint density at radius 3 is 2.04 bits per heavy atom. The van der Waals surface area contributed by atoms with E-state index in [-0.39, 0.29) is 51.0 Å². The molecule has 0 radical (unpaired) electrons. The van der Waals surface area contributed by atoms with Crippen LogP contribution in [0.1, 0.15) is 32.0 Å². The van der Waals surface area contributed by atoms with Crippen molar-refractivity contribution in [3.8, 4) is 11.1 Å². The van der Waals surface area contributed by atoms with Crippen molar-refractivity contribution in [1.82, 2.24) is 4.57 Å². The Kier molecular flexibility index (Phi) is 3.27. The van der Waals surface area contributed by atoms with Crippen LogP contribution in [-0.4, -0.2) is 21.1 Å². The molecule has 0 aliphatic heterocycles. The van der Waals surface area contributed by atoms with Gasteiger partial charge in [0.25, 0.3) is 5.69 Å². The zero-order valence-corrected chi connectivity index (χ0v) is 13.7. The maximum atomic E-state index is 13.1. The van der Waals surface area contributed by atoms with Crippen LogP contribution >= 0.6 is 0 Å². The predicted octanol–water partition coefficient (Wildman–Crippen LogP) is 2.96. The summed E-state index contributed by atoms with van der Waals surface area (Å²) in [5.74, 6) is -0.552. The SMILES string of the molecule is Cn1c(N)c(-c2ccccc2[N+](=O)[O-])c2c1C(=O)c1ccccc1C2=O. The molecule has 1 aliphatic carbocycles. The van der Waals surface area contributed by atoms with E-state index in [9.17, 15) is 19.7 Å². The second-order valence-electron chi connectivity index (χ2n) is 6.02. The number of benzene rings is 2. The third kappa shape index (κ3) is 1.94. The molecule has 26 heavy (non-hydrogen) atoms. The first-order valence-corrected chi connectivity index (χ1v) is 7.83. The predicted molar refractivity (Wildman–Crippen MR) is 95.2 cm³/mol. The number of carbonyl (C=O) groups excluding carboxylic acids is 2. The first-order valence-electron chi connectivity index (χ1n) is 7.83. The number of nitro benzene ring substituents is 1. The molecule has 2 aromatic carbocycles. The van der Waals surface area contributed by atoms with E-state index in [1.165, 1.54) is 22.8 Å². The monoisotopic (exact) mass is 347 g/mol. The molecule has 0 saturated carbocycles. The molecule has 0 fully saturated rings. The number of nitrogens with two attached hydrogens (primary N) is 1. The van der Waals surface area contributed by atoms with Gasteiger partial charge in [-0.3, -0.25) is 19.7 Å². The third-order valence-electron chi connectivity index (χ3n) is 4.67. The summed E-state index contributed by atoms with van der Waals surface area (Å²) in [6.07, 6.45) is 0. The minimum atomic E-state index is -0.531. The average Bonchev–Trinajstić information content (AvgIpc) is 2.91. The van der Waals surface area contributed by atoms with Crippen LogP contribution in [-0.2, 0) is 7.05 Å². The number of anilines is 1. The van der Waals surface area contributed by atoms with Gasteiger partial charge in [0.05, 0.1) is 16.1 Å². The van der Waals surface area contributed by atoms with Crippen molar-refractivity contribution in [2.45, 2.75) is 0 Å². The second kappa shape index (κ2) is 5.38. The Hall–Kier alpha value is -3.74. The number of nitro groups is 1. The van der Waals surface area contributed by atoms with E-state index in [1.54, 1.807) is 37.4 Å². The molecule has 0 unspecified atom stereocenters. The first-order chi connectivity index (χ1) is 12.4. The van der Waals surface area contributed by atoms with Gasteiger partial charge in [-0.15, -0.1) is 0 Å². The molecular weight excluding hydrogens is 334 g/mol. The van der Waals surface area contributed by atoms with Crippen LogP contribution < -0.4 is 5.73 Å². The van der Waals surface area contributed by atoms with Crippen molar-refractivity contribution in [2.24, 2.45) is 7.05 Å². The van der Waals surface area contributed by atoms with Crippen molar-refractivity contribution >= 4 is 23.1 Å². The molecule has 1 aliphatic rings. The highest BCUT2D eigenvalue weighted by atomic mass is 16.6. The lowest BCUT2D eigenvalue weighted by atomic mass is 9.85. The fourth-order valence-electron chi connectivity index (χ4n) is 3.45. The topological polar surface area (TPSA) is 108 Å². The molecule has 128 valence electrons. The van der Waals surface area contributed by atoms with Gasteiger partial charge >= 0.3 is 0 Å². The van der Waals surface area contributed by atoms with Crippen LogP contribution in [0.15, 0.2) is 48.5 Å². The Morgan fingerprint density at radius 2 is 1.42 bits per heavy atom. The Morgan fingerprint density at radius 1 is 0.885 bits per heavy atom. The maximum absolute atomic E-state index is 13.1. The molecule has 0 bridgehead atoms. The summed E-state index contributed by atoms with van der Waals surface area (Å²) in [7, 11) is 1.57. The molecule has 0 spiro atoms. The standard InChI is InChI=1S/C19H13N3O4/c1-21-16-15(17(23)10-6-2-3-7-11(10)18(16)24)14(19(21)20)12-8-4-5-9-13(12)22(25)26/h2-9H,20H2,1H3. The molecule has 0 amide bonds. The molecule has 2 N–H and O–H groups in total. The Bertz CT molecular complexity index is 1130. The van der Waals surface area contributed by atoms with Gasteiger partial charge < -0.3 is 10.3 Å². The summed E-state index contributed by atoms with van der Waals surface area (Å²) in [6, 6.07) is 12.6. The lowest BCUT2D eigenvalue weighted by Gasteiger charge is -2.16. The van der Waals surface area contributed by atoms with E-state index in [2.05, 4.69) is 0 Å². The lowest BCUT2D eigenvalue weighted by molar-refractivity contribution is -0.384. The van der Waals surface area contributed by atoms with Gasteiger partial charge in [0, 0.05) is 29.8 Å². The van der Waals surface area contributed by atoms with E-state index in [1.807, 2.05) is 0 Å². The lowest BCUT2D eigenvalue weighted by Crippen LogP contribution is -2.22. The van der Waals surface area contributed by atoms with Gasteiger partial charge in [0.1, 0.15) is 11.5 Å². The highest BCUT2D eigenvalue weighted by Crippen LogP contribution is 2.42. The van der Waals surface area contributed by atoms with E-state index >= 15 is 0 Å². The van der Waals surface area contributed by atoms with Gasteiger partial charge in [-0.1, -0.05) is 36.4 Å². The normalized spacial score (nSPS) is 12.7. The van der Waals surface area contributed by atoms with Crippen molar-refractivity contribution < 1.29 is 14.5 Å². The highest BCUT2D eigenvalue weighted by molar-refractivity contribution is 6.31. The van der Waals surface area contributed by atoms with E-state index in [4.69, 9.17) is 5.73 Å². The third-order valence-corrected chi connectivity index (χ3v) is 4.67. The summed E-state index contributed by atoms with van der Waals surface area (Å²) >= 11 is 0. The van der Waals surface area contributed by atoms with Crippen LogP contribution in [0, 0.1) is 10.1 Å². The van der Waals surface area contributed by atoms with Crippen LogP contribution in [0.2, 0.25) is 0 Å². The number of nitrogens with zero attached hydrogens (tertiary/aromatic N) is 2. The molecule has 4 rings (SSSR count). The quantitative estimate of drug-likeness (QED) is 0.443. The van der Waals surface area contributed by atoms with Gasteiger partial charge in [0.2, 0.25) is 5.78 Å². The van der Waals surface area contributed by atoms with Gasteiger partial charge in [-0.25, -0.2) is 0 Å². The zero-order chi connectivity index (χ0) is 18.6. The smallest absolute Gasteiger partial charge is 0.277 e. The van der Waals surface area contributed by atoms with E-state index < -0.39 is 4.92 Å². The molecule has 0 saturated heterocycles. The summed E-state index contributed by atoms with van der Waals surface area (Å²) < 4.78 is 1.43. The van der Waals surface area contributed by atoms with Crippen LogP contribution in [0.3, 0.4) is 0 Å². The highest BCUT2D eigenvalue weighted by Gasteiger charge is 2.38. The van der Waals surface area contributed by atoms with Crippen molar-refractivity contribution in [1.29, 1.82) is 0 Å². The van der Waals surface area contributed by atoms with Crippen molar-refractivity contribution in [3.63, 3.8) is 0 Å². The van der Waals surface area contributed by atoms with E-state index in [0.29, 0.717) is 5.56 Å². The average molecular weight is 347 g/mol. The Balaban J connectivity index is 2.10. The molecule has 7 heteroatoms. The summed E-state index contributed by atoms with van der Waals surface area (Å²) in [4.78, 5) is 36.9. The molecular formula is C19H13N3O4. The second-order valence-corrected chi connectivity index (χ2v) is 6.02. The van der Waals surface area contributed by atoms with Crippen LogP contribution in [0.25, 0.3) is 11.1 Å². The van der Waals surface area contributed by atoms with Crippen molar-refractivity contribution in [2.75, 3.05) is 5.73 Å². The van der Waals surface area contributed by atoms with Crippen LogP contribution in [0.4, 0.5) is 11.5 Å². The summed E-state index contributed by atoms with van der Waals surface area (Å²) in [5.41, 5.74) is 7.29. The van der Waals surface area contributed by atoms with E-state index in [0.717, 1.165) is 0 Å². The van der Waals surface area contributed by atoms with Crippen molar-refractivity contribution in [3.05, 3.63) is 81.0 Å². The number of carbonyl (C=O) groups is 2. The number of nitrogen functional groups attached to an aromatic ring is 1. The molecule has 1 heterocycles. The molecule has 0 atom stereocenters. The molecule has 7 nitrogen and oxygen atoms in total. The number of hydrogen-bond donors (Lipinski definition) is 1. The van der Waals surface area contributed by atoms with Gasteiger partial charge in [0.15, 0.2) is 5.78 Å². The largest absolute Gasteiger partial charge is 0.385 e. The zero-order valence-electron chi connectivity index (χ0n) is 13.7. The number of aromatic nitrogens is 1. The van der Waals surface area contributed by atoms with Gasteiger partial charge in [-0.05, 0) is 6.07 Å². The minimum absolute atomic E-state index is 0.114. The molecule has 1 aromatic heterocycles. The van der Waals surface area contributed by atoms with Crippen LogP contribution in [0.5, 0.6) is 0 Å². The summed E-state index contributed by atoms with van der Waals surface area (Å²) in [6.45, 7) is 0. The molecule has 3 aromatic rings. The number of rotatable bonds is 2. The Labute approximate surface area is 147 Å². The number of hydrogen-bond acceptors (Lipinski definition) is 5. The first kappa shape index (κ1) is 15.8. The number of fused-ring (bicyclic) bond motifs is 2. The number of ketones is 2. The minimum Gasteiger partial charge on any atom is -0.385 e. The van der Waals surface area contributed by atoms with Gasteiger partial charge in [-0.2, -0.15) is 0 Å². The number of para-hydroxylation sites is 1. The maximum Gasteiger partial charge on any atom is 0.277 e. The fourth-order valence-corrected chi connectivity index (χ4v) is 3.45. The fraction of sp³-hybridized carbons (Fsp3) is 0.0526. The summed E-state index contributed by atoms with van der Waals surface area (Å²) in [5, 5.41) is 11.4.